The smallest absolute Gasteiger partial charge is 0.257 e. The molecule has 0 fully saturated rings. The molecule has 1 aliphatic rings. The number of thiazole rings is 1. The molecule has 29 heavy (non-hydrogen) atoms. The molecule has 3 rings (SSSR count). The van der Waals surface area contributed by atoms with Crippen molar-refractivity contribution in [2.75, 3.05) is 18.4 Å². The lowest BCUT2D eigenvalue weighted by Crippen LogP contribution is -2.39. The fourth-order valence-electron chi connectivity index (χ4n) is 3.75. The van der Waals surface area contributed by atoms with Gasteiger partial charge in [-0.1, -0.05) is 45.4 Å². The number of amides is 2. The first-order valence-electron chi connectivity index (χ1n) is 10.4. The van der Waals surface area contributed by atoms with Gasteiger partial charge in [0.25, 0.3) is 5.91 Å². The van der Waals surface area contributed by atoms with Crippen LogP contribution in [-0.4, -0.2) is 34.8 Å². The number of nitrogens with one attached hydrogen (secondary N) is 1. The van der Waals surface area contributed by atoms with E-state index in [0.717, 1.165) is 42.1 Å². The van der Waals surface area contributed by atoms with Gasteiger partial charge in [-0.05, 0) is 43.7 Å². The Labute approximate surface area is 177 Å². The largest absolute Gasteiger partial charge is 0.342 e. The van der Waals surface area contributed by atoms with Gasteiger partial charge in [0.05, 0.1) is 11.6 Å². The lowest BCUT2D eigenvalue weighted by Gasteiger charge is -2.28. The predicted octanol–water partition coefficient (Wildman–Crippen LogP) is 4.87. The Morgan fingerprint density at radius 1 is 1.14 bits per heavy atom. The molecule has 0 bridgehead atoms. The fourth-order valence-corrected chi connectivity index (χ4v) is 4.79. The van der Waals surface area contributed by atoms with Crippen molar-refractivity contribution in [3.8, 4) is 0 Å². The second kappa shape index (κ2) is 9.08. The molecule has 1 aliphatic carbocycles. The zero-order chi connectivity index (χ0) is 21.1. The van der Waals surface area contributed by atoms with Crippen molar-refractivity contribution < 1.29 is 9.59 Å². The van der Waals surface area contributed by atoms with Crippen LogP contribution in [0, 0.1) is 18.8 Å². The zero-order valence-corrected chi connectivity index (χ0v) is 18.8. The third-order valence-electron chi connectivity index (χ3n) is 5.03. The Kier molecular flexibility index (Phi) is 6.73. The van der Waals surface area contributed by atoms with E-state index >= 15 is 0 Å². The number of aromatic nitrogens is 1. The summed E-state index contributed by atoms with van der Waals surface area (Å²) in [5.74, 6) is 0.676. The molecular weight excluding hydrogens is 382 g/mol. The van der Waals surface area contributed by atoms with Gasteiger partial charge in [-0.25, -0.2) is 4.98 Å². The van der Waals surface area contributed by atoms with E-state index in [4.69, 9.17) is 0 Å². The molecule has 1 aromatic carbocycles. The molecule has 6 heteroatoms. The molecule has 0 saturated heterocycles. The Bertz CT molecular complexity index is 861. The number of anilines is 1. The van der Waals surface area contributed by atoms with Gasteiger partial charge < -0.3 is 4.90 Å². The van der Waals surface area contributed by atoms with Gasteiger partial charge in [-0.15, -0.1) is 11.3 Å². The van der Waals surface area contributed by atoms with Crippen LogP contribution < -0.4 is 5.32 Å². The lowest BCUT2D eigenvalue weighted by molar-refractivity contribution is -0.134. The molecule has 1 N–H and O–H groups in total. The minimum absolute atomic E-state index is 0.165. The summed E-state index contributed by atoms with van der Waals surface area (Å²) in [5.41, 5.74) is 2.58. The summed E-state index contributed by atoms with van der Waals surface area (Å²) in [6, 6.07) is 7.47. The van der Waals surface area contributed by atoms with Crippen LogP contribution in [0.15, 0.2) is 24.3 Å². The Morgan fingerprint density at radius 3 is 2.34 bits per heavy atom. The summed E-state index contributed by atoms with van der Waals surface area (Å²) in [5, 5.41) is 3.48. The molecule has 156 valence electrons. The van der Waals surface area contributed by atoms with Crippen molar-refractivity contribution in [2.24, 2.45) is 11.8 Å². The number of hydrogen-bond donors (Lipinski definition) is 1. The Hall–Kier alpha value is -2.21. The minimum atomic E-state index is -0.191. The number of nitrogens with zero attached hydrogens (tertiary/aromatic N) is 2. The van der Waals surface area contributed by atoms with Gasteiger partial charge in [-0.2, -0.15) is 0 Å². The Morgan fingerprint density at radius 2 is 1.76 bits per heavy atom. The summed E-state index contributed by atoms with van der Waals surface area (Å²) in [4.78, 5) is 33.5. The van der Waals surface area contributed by atoms with Crippen molar-refractivity contribution in [1.29, 1.82) is 0 Å². The van der Waals surface area contributed by atoms with Gasteiger partial charge in [0.1, 0.15) is 0 Å². The summed E-state index contributed by atoms with van der Waals surface area (Å²) in [6.07, 6.45) is 1.66. The monoisotopic (exact) mass is 413 g/mol. The lowest BCUT2D eigenvalue weighted by atomic mass is 10.0. The molecule has 1 atom stereocenters. The highest BCUT2D eigenvalue weighted by Gasteiger charge is 2.35. The van der Waals surface area contributed by atoms with E-state index in [9.17, 15) is 9.59 Å². The van der Waals surface area contributed by atoms with E-state index in [1.54, 1.807) is 0 Å². The van der Waals surface area contributed by atoms with Crippen LogP contribution in [0.1, 0.15) is 66.5 Å². The van der Waals surface area contributed by atoms with Gasteiger partial charge in [0.15, 0.2) is 5.13 Å². The summed E-state index contributed by atoms with van der Waals surface area (Å²) in [7, 11) is 0. The summed E-state index contributed by atoms with van der Waals surface area (Å²) >= 11 is 1.50. The highest BCUT2D eigenvalue weighted by atomic mass is 32.1. The quantitative estimate of drug-likeness (QED) is 0.704. The normalized spacial score (nSPS) is 15.6. The van der Waals surface area contributed by atoms with Crippen molar-refractivity contribution in [2.45, 2.75) is 53.4 Å². The predicted molar refractivity (Wildman–Crippen MR) is 119 cm³/mol. The van der Waals surface area contributed by atoms with E-state index in [2.05, 4.69) is 38.0 Å². The van der Waals surface area contributed by atoms with E-state index in [1.807, 2.05) is 36.1 Å². The first-order valence-corrected chi connectivity index (χ1v) is 11.2. The van der Waals surface area contributed by atoms with Crippen LogP contribution >= 0.6 is 11.3 Å². The topological polar surface area (TPSA) is 62.3 Å². The number of aryl methyl sites for hydroxylation is 2. The van der Waals surface area contributed by atoms with Gasteiger partial charge >= 0.3 is 0 Å². The van der Waals surface area contributed by atoms with E-state index in [0.29, 0.717) is 22.5 Å². The molecule has 2 aromatic rings. The second-order valence-electron chi connectivity index (χ2n) is 8.77. The number of carbonyl (C=O) groups excluding carboxylic acids is 2. The third kappa shape index (κ3) is 5.24. The molecule has 0 radical (unpaired) electrons. The molecular formula is C23H31N3O2S. The van der Waals surface area contributed by atoms with Crippen LogP contribution in [0.5, 0.6) is 0 Å². The number of fused-ring (bicyclic) bond motifs is 1. The highest BCUT2D eigenvalue weighted by molar-refractivity contribution is 7.16. The van der Waals surface area contributed by atoms with Crippen molar-refractivity contribution in [3.05, 3.63) is 46.0 Å². The van der Waals surface area contributed by atoms with Crippen LogP contribution in [-0.2, 0) is 11.2 Å². The van der Waals surface area contributed by atoms with Gasteiger partial charge in [0.2, 0.25) is 5.91 Å². The second-order valence-corrected chi connectivity index (χ2v) is 9.85. The van der Waals surface area contributed by atoms with Crippen molar-refractivity contribution in [1.82, 2.24) is 9.88 Å². The molecule has 0 saturated carbocycles. The van der Waals surface area contributed by atoms with Crippen LogP contribution in [0.2, 0.25) is 0 Å². The summed E-state index contributed by atoms with van der Waals surface area (Å²) in [6.45, 7) is 12.1. The fraction of sp³-hybridized carbons (Fsp3) is 0.522. The van der Waals surface area contributed by atoms with Crippen LogP contribution in [0.25, 0.3) is 0 Å². The zero-order valence-electron chi connectivity index (χ0n) is 18.0. The van der Waals surface area contributed by atoms with Crippen molar-refractivity contribution in [3.63, 3.8) is 0 Å². The highest BCUT2D eigenvalue weighted by Crippen LogP contribution is 2.39. The third-order valence-corrected chi connectivity index (χ3v) is 6.08. The van der Waals surface area contributed by atoms with Crippen LogP contribution in [0.4, 0.5) is 5.13 Å². The van der Waals surface area contributed by atoms with E-state index in [-0.39, 0.29) is 17.7 Å². The molecule has 1 aromatic heterocycles. The van der Waals surface area contributed by atoms with E-state index < -0.39 is 0 Å². The Balaban J connectivity index is 1.74. The molecule has 1 heterocycles. The molecule has 0 spiro atoms. The maximum Gasteiger partial charge on any atom is 0.257 e. The number of benzene rings is 1. The maximum absolute atomic E-state index is 13.3. The molecule has 1 unspecified atom stereocenters. The van der Waals surface area contributed by atoms with E-state index in [1.165, 1.54) is 11.3 Å². The SMILES string of the molecule is Cc1ccc(C(=O)Nc2nc3c(s2)CCC3C(=O)N(CC(C)C)CC(C)C)cc1. The summed E-state index contributed by atoms with van der Waals surface area (Å²) < 4.78 is 0. The standard InChI is InChI=1S/C23H31N3O2S/c1-14(2)12-26(13-15(3)4)22(28)18-10-11-19-20(18)24-23(29-19)25-21(27)17-8-6-16(5)7-9-17/h6-9,14-15,18H,10-13H2,1-5H3,(H,24,25,27). The minimum Gasteiger partial charge on any atom is -0.342 e. The number of rotatable bonds is 7. The first-order chi connectivity index (χ1) is 13.7. The average molecular weight is 414 g/mol. The van der Waals surface area contributed by atoms with Crippen LogP contribution in [0.3, 0.4) is 0 Å². The molecule has 0 aliphatic heterocycles. The number of hydrogen-bond acceptors (Lipinski definition) is 4. The molecule has 5 nitrogen and oxygen atoms in total. The van der Waals surface area contributed by atoms with Gasteiger partial charge in [-0.3, -0.25) is 14.9 Å². The van der Waals surface area contributed by atoms with Gasteiger partial charge in [0, 0.05) is 23.5 Å². The first kappa shape index (κ1) is 21.5. The van der Waals surface area contributed by atoms with Crippen molar-refractivity contribution >= 4 is 28.3 Å². The average Bonchev–Trinajstić information content (AvgIpc) is 3.20. The maximum atomic E-state index is 13.3. The number of carbonyl (C=O) groups is 2. The molecule has 2 amide bonds.